The van der Waals surface area contributed by atoms with Crippen LogP contribution in [-0.2, 0) is 6.54 Å². The monoisotopic (exact) mass is 287 g/mol. The van der Waals surface area contributed by atoms with Crippen LogP contribution in [0.1, 0.15) is 18.4 Å². The molecule has 1 aromatic rings. The van der Waals surface area contributed by atoms with Crippen LogP contribution in [0.2, 0.25) is 5.02 Å². The molecule has 1 aliphatic rings. The lowest BCUT2D eigenvalue weighted by Crippen LogP contribution is -2.35. The molecule has 1 atom stereocenters. The number of benzene rings is 1. The number of hydrogen-bond donors (Lipinski definition) is 0. The highest BCUT2D eigenvalue weighted by Crippen LogP contribution is 2.19. The molecule has 0 radical (unpaired) electrons. The Kier molecular flexibility index (Phi) is 4.06. The van der Waals surface area contributed by atoms with Crippen LogP contribution in [0.3, 0.4) is 0 Å². The van der Waals surface area contributed by atoms with E-state index in [2.05, 4.69) is 33.0 Å². The summed E-state index contributed by atoms with van der Waals surface area (Å²) in [6, 6.07) is 8.15. The summed E-state index contributed by atoms with van der Waals surface area (Å²) in [5.41, 5.74) is 1.35. The van der Waals surface area contributed by atoms with E-state index < -0.39 is 0 Å². The maximum absolute atomic E-state index is 5.86. The summed E-state index contributed by atoms with van der Waals surface area (Å²) >= 11 is 9.55. The molecule has 1 aromatic carbocycles. The maximum Gasteiger partial charge on any atom is 0.0406 e. The molecule has 1 fully saturated rings. The molecule has 0 amide bonds. The molecule has 0 aliphatic carbocycles. The normalized spacial score (nSPS) is 22.9. The molecule has 0 bridgehead atoms. The van der Waals surface area contributed by atoms with E-state index in [-0.39, 0.29) is 0 Å². The molecule has 1 nitrogen and oxygen atoms in total. The Morgan fingerprint density at radius 1 is 1.33 bits per heavy atom. The Labute approximate surface area is 105 Å². The largest absolute Gasteiger partial charge is 0.298 e. The van der Waals surface area contributed by atoms with Gasteiger partial charge in [0, 0.05) is 22.9 Å². The van der Waals surface area contributed by atoms with E-state index in [4.69, 9.17) is 11.6 Å². The topological polar surface area (TPSA) is 3.24 Å². The Morgan fingerprint density at radius 3 is 2.73 bits per heavy atom. The van der Waals surface area contributed by atoms with E-state index in [1.165, 1.54) is 24.9 Å². The second-order valence-corrected chi connectivity index (χ2v) is 5.83. The molecule has 2 rings (SSSR count). The summed E-state index contributed by atoms with van der Waals surface area (Å²) in [5, 5.41) is 0.816. The van der Waals surface area contributed by atoms with Crippen molar-refractivity contribution in [3.8, 4) is 0 Å². The number of piperidine rings is 1. The molecule has 1 heterocycles. The lowest BCUT2D eigenvalue weighted by molar-refractivity contribution is 0.228. The number of alkyl halides is 1. The van der Waals surface area contributed by atoms with Crippen LogP contribution in [0.4, 0.5) is 0 Å². The van der Waals surface area contributed by atoms with Gasteiger partial charge in [-0.1, -0.05) is 39.7 Å². The molecular weight excluding hydrogens is 273 g/mol. The Balaban J connectivity index is 1.93. The van der Waals surface area contributed by atoms with E-state index in [1.807, 2.05) is 12.1 Å². The van der Waals surface area contributed by atoms with Gasteiger partial charge < -0.3 is 0 Å². The van der Waals surface area contributed by atoms with Crippen molar-refractivity contribution < 1.29 is 0 Å². The van der Waals surface area contributed by atoms with E-state index >= 15 is 0 Å². The molecular formula is C12H15BrClN. The van der Waals surface area contributed by atoms with Gasteiger partial charge in [-0.2, -0.15) is 0 Å². The van der Waals surface area contributed by atoms with Crippen molar-refractivity contribution in [2.45, 2.75) is 24.2 Å². The minimum Gasteiger partial charge on any atom is -0.298 e. The van der Waals surface area contributed by atoms with Crippen molar-refractivity contribution >= 4 is 27.5 Å². The molecule has 15 heavy (non-hydrogen) atoms. The van der Waals surface area contributed by atoms with Crippen molar-refractivity contribution in [1.29, 1.82) is 0 Å². The van der Waals surface area contributed by atoms with Gasteiger partial charge in [0.1, 0.15) is 0 Å². The predicted molar refractivity (Wildman–Crippen MR) is 68.7 cm³/mol. The second kappa shape index (κ2) is 5.33. The first-order chi connectivity index (χ1) is 7.24. The first-order valence-corrected chi connectivity index (χ1v) is 6.64. The predicted octanol–water partition coefficient (Wildman–Crippen LogP) is 3.70. The second-order valence-electron chi connectivity index (χ2n) is 4.10. The van der Waals surface area contributed by atoms with Gasteiger partial charge in [-0.3, -0.25) is 4.90 Å². The van der Waals surface area contributed by atoms with Crippen molar-refractivity contribution in [3.63, 3.8) is 0 Å². The third-order valence-electron chi connectivity index (χ3n) is 2.77. The van der Waals surface area contributed by atoms with Gasteiger partial charge in [0.15, 0.2) is 0 Å². The Hall–Kier alpha value is -0.0500. The van der Waals surface area contributed by atoms with Crippen LogP contribution in [0.15, 0.2) is 24.3 Å². The van der Waals surface area contributed by atoms with Crippen molar-refractivity contribution in [1.82, 2.24) is 4.90 Å². The molecule has 1 saturated heterocycles. The molecule has 0 saturated carbocycles. The number of hydrogen-bond acceptors (Lipinski definition) is 1. The molecule has 3 heteroatoms. The number of nitrogens with zero attached hydrogens (tertiary/aromatic N) is 1. The van der Waals surface area contributed by atoms with Gasteiger partial charge >= 0.3 is 0 Å². The summed E-state index contributed by atoms with van der Waals surface area (Å²) in [4.78, 5) is 3.16. The minimum absolute atomic E-state index is 0.665. The van der Waals surface area contributed by atoms with Crippen molar-refractivity contribution in [2.75, 3.05) is 13.1 Å². The first-order valence-electron chi connectivity index (χ1n) is 5.35. The highest BCUT2D eigenvalue weighted by Gasteiger charge is 2.17. The first kappa shape index (κ1) is 11.4. The van der Waals surface area contributed by atoms with Crippen molar-refractivity contribution in [2.24, 2.45) is 0 Å². The highest BCUT2D eigenvalue weighted by atomic mass is 79.9. The van der Waals surface area contributed by atoms with Gasteiger partial charge in [0.05, 0.1) is 0 Å². The quantitative estimate of drug-likeness (QED) is 0.750. The molecule has 0 spiro atoms. The molecule has 82 valence electrons. The Bertz CT molecular complexity index is 312. The zero-order valence-electron chi connectivity index (χ0n) is 8.63. The Morgan fingerprint density at radius 2 is 2.07 bits per heavy atom. The smallest absolute Gasteiger partial charge is 0.0406 e. The zero-order chi connectivity index (χ0) is 10.7. The fraction of sp³-hybridized carbons (Fsp3) is 0.500. The van der Waals surface area contributed by atoms with E-state index in [0.29, 0.717) is 4.83 Å². The zero-order valence-corrected chi connectivity index (χ0v) is 11.0. The molecule has 1 aliphatic heterocycles. The average molecular weight is 289 g/mol. The van der Waals surface area contributed by atoms with Crippen LogP contribution in [0.5, 0.6) is 0 Å². The molecule has 1 unspecified atom stereocenters. The number of halogens is 2. The third-order valence-corrected chi connectivity index (χ3v) is 3.77. The SMILES string of the molecule is Clc1ccc(CN2CCCC(Br)C2)cc1. The summed E-state index contributed by atoms with van der Waals surface area (Å²) < 4.78 is 0. The lowest BCUT2D eigenvalue weighted by Gasteiger charge is -2.29. The van der Waals surface area contributed by atoms with Crippen LogP contribution in [0, 0.1) is 0 Å². The van der Waals surface area contributed by atoms with Gasteiger partial charge in [-0.15, -0.1) is 0 Å². The van der Waals surface area contributed by atoms with Crippen LogP contribution in [0.25, 0.3) is 0 Å². The standard InChI is InChI=1S/C12H15BrClN/c13-11-2-1-7-15(9-11)8-10-3-5-12(14)6-4-10/h3-6,11H,1-2,7-9H2. The lowest BCUT2D eigenvalue weighted by atomic mass is 10.1. The third kappa shape index (κ3) is 3.47. The minimum atomic E-state index is 0.665. The van der Waals surface area contributed by atoms with Crippen LogP contribution >= 0.6 is 27.5 Å². The van der Waals surface area contributed by atoms with E-state index in [1.54, 1.807) is 0 Å². The average Bonchev–Trinajstić information content (AvgIpc) is 2.22. The summed E-state index contributed by atoms with van der Waals surface area (Å²) in [5.74, 6) is 0. The van der Waals surface area contributed by atoms with Crippen molar-refractivity contribution in [3.05, 3.63) is 34.9 Å². The van der Waals surface area contributed by atoms with Gasteiger partial charge in [0.2, 0.25) is 0 Å². The van der Waals surface area contributed by atoms with E-state index in [9.17, 15) is 0 Å². The van der Waals surface area contributed by atoms with Crippen LogP contribution in [-0.4, -0.2) is 22.8 Å². The van der Waals surface area contributed by atoms with Gasteiger partial charge in [0.25, 0.3) is 0 Å². The number of rotatable bonds is 2. The molecule has 0 N–H and O–H groups in total. The summed E-state index contributed by atoms with van der Waals surface area (Å²) in [6.45, 7) is 3.41. The van der Waals surface area contributed by atoms with Gasteiger partial charge in [-0.25, -0.2) is 0 Å². The van der Waals surface area contributed by atoms with E-state index in [0.717, 1.165) is 18.1 Å². The highest BCUT2D eigenvalue weighted by molar-refractivity contribution is 9.09. The summed E-state index contributed by atoms with van der Waals surface area (Å²) in [7, 11) is 0. The fourth-order valence-corrected chi connectivity index (χ4v) is 2.85. The van der Waals surface area contributed by atoms with Gasteiger partial charge in [-0.05, 0) is 37.1 Å². The van der Waals surface area contributed by atoms with Crippen LogP contribution < -0.4 is 0 Å². The molecule has 0 aromatic heterocycles. The fourth-order valence-electron chi connectivity index (χ4n) is 1.99. The number of likely N-dealkylation sites (tertiary alicyclic amines) is 1. The maximum atomic E-state index is 5.86. The summed E-state index contributed by atoms with van der Waals surface area (Å²) in [6.07, 6.45) is 2.60.